The van der Waals surface area contributed by atoms with Crippen LogP contribution in [0.3, 0.4) is 0 Å². The van der Waals surface area contributed by atoms with Crippen molar-refractivity contribution in [1.82, 2.24) is 9.80 Å². The summed E-state index contributed by atoms with van der Waals surface area (Å²) in [7, 11) is 0. The molecule has 2 saturated heterocycles. The second-order valence-corrected chi connectivity index (χ2v) is 7.93. The number of thiophene rings is 1. The highest BCUT2D eigenvalue weighted by Gasteiger charge is 2.42. The van der Waals surface area contributed by atoms with E-state index in [1.54, 1.807) is 17.0 Å². The second kappa shape index (κ2) is 7.19. The molecule has 136 valence electrons. The van der Waals surface area contributed by atoms with Gasteiger partial charge in [0.2, 0.25) is 5.91 Å². The lowest BCUT2D eigenvalue weighted by molar-refractivity contribution is -0.134. The third kappa shape index (κ3) is 3.26. The number of benzene rings is 1. The molecule has 2 aliphatic rings. The average Bonchev–Trinajstić information content (AvgIpc) is 3.42. The van der Waals surface area contributed by atoms with Gasteiger partial charge in [-0.2, -0.15) is 0 Å². The lowest BCUT2D eigenvalue weighted by atomic mass is 9.88. The van der Waals surface area contributed by atoms with Crippen molar-refractivity contribution in [2.45, 2.75) is 18.8 Å². The summed E-state index contributed by atoms with van der Waals surface area (Å²) in [4.78, 5) is 30.2. The molecule has 2 amide bonds. The number of hydrogen-bond donors (Lipinski definition) is 0. The van der Waals surface area contributed by atoms with Gasteiger partial charge in [0, 0.05) is 32.1 Å². The van der Waals surface area contributed by atoms with Crippen molar-refractivity contribution in [1.29, 1.82) is 0 Å². The van der Waals surface area contributed by atoms with Gasteiger partial charge in [0.25, 0.3) is 5.91 Å². The molecule has 3 heterocycles. The number of carbonyl (C=O) groups is 2. The van der Waals surface area contributed by atoms with Gasteiger partial charge in [-0.1, -0.05) is 18.2 Å². The summed E-state index contributed by atoms with van der Waals surface area (Å²) in [6, 6.07) is 10.0. The molecule has 0 aliphatic carbocycles. The zero-order chi connectivity index (χ0) is 18.1. The van der Waals surface area contributed by atoms with E-state index in [9.17, 15) is 14.0 Å². The minimum atomic E-state index is -0.291. The van der Waals surface area contributed by atoms with Crippen LogP contribution < -0.4 is 0 Å². The zero-order valence-electron chi connectivity index (χ0n) is 14.4. The van der Waals surface area contributed by atoms with Gasteiger partial charge in [-0.3, -0.25) is 9.59 Å². The van der Waals surface area contributed by atoms with Crippen molar-refractivity contribution < 1.29 is 14.0 Å². The standard InChI is InChI=1S/C20H21FN2O2S/c21-15-7-5-14(6-8-15)16-12-23(20(25)18-4-3-11-26-18)13-17(16)19(24)22-9-1-2-10-22/h3-8,11,16-17H,1-2,9-10,12-13H2/t16-,17+/m1/s1. The first-order chi connectivity index (χ1) is 12.6. The highest BCUT2D eigenvalue weighted by molar-refractivity contribution is 7.12. The normalized spacial score (nSPS) is 22.8. The predicted octanol–water partition coefficient (Wildman–Crippen LogP) is 3.37. The summed E-state index contributed by atoms with van der Waals surface area (Å²) in [5, 5.41) is 1.88. The Morgan fingerprint density at radius 3 is 2.38 bits per heavy atom. The Kier molecular flexibility index (Phi) is 4.76. The van der Waals surface area contributed by atoms with Gasteiger partial charge < -0.3 is 9.80 Å². The Morgan fingerprint density at radius 1 is 1.00 bits per heavy atom. The fourth-order valence-corrected chi connectivity index (χ4v) is 4.69. The molecule has 2 aromatic rings. The molecular weight excluding hydrogens is 351 g/mol. The van der Waals surface area contributed by atoms with E-state index in [0.29, 0.717) is 18.0 Å². The number of carbonyl (C=O) groups excluding carboxylic acids is 2. The van der Waals surface area contributed by atoms with Crippen LogP contribution in [0.15, 0.2) is 41.8 Å². The van der Waals surface area contributed by atoms with E-state index in [1.165, 1.54) is 23.5 Å². The van der Waals surface area contributed by atoms with Crippen molar-refractivity contribution in [2.75, 3.05) is 26.2 Å². The van der Waals surface area contributed by atoms with Gasteiger partial charge in [-0.25, -0.2) is 4.39 Å². The van der Waals surface area contributed by atoms with Crippen LogP contribution in [0.25, 0.3) is 0 Å². The maximum absolute atomic E-state index is 13.3. The predicted molar refractivity (Wildman–Crippen MR) is 98.7 cm³/mol. The summed E-state index contributed by atoms with van der Waals surface area (Å²) in [5.74, 6) is -0.544. The summed E-state index contributed by atoms with van der Waals surface area (Å²) < 4.78 is 13.3. The molecule has 2 fully saturated rings. The fourth-order valence-electron chi connectivity index (χ4n) is 4.00. The molecule has 4 rings (SSSR count). The van der Waals surface area contributed by atoms with Crippen LogP contribution in [0, 0.1) is 11.7 Å². The molecule has 0 N–H and O–H groups in total. The maximum Gasteiger partial charge on any atom is 0.263 e. The van der Waals surface area contributed by atoms with E-state index < -0.39 is 0 Å². The highest BCUT2D eigenvalue weighted by Crippen LogP contribution is 2.35. The Labute approximate surface area is 156 Å². The molecule has 4 nitrogen and oxygen atoms in total. The topological polar surface area (TPSA) is 40.6 Å². The van der Waals surface area contributed by atoms with Crippen molar-refractivity contribution in [3.8, 4) is 0 Å². The molecule has 0 radical (unpaired) electrons. The molecule has 2 aliphatic heterocycles. The summed E-state index contributed by atoms with van der Waals surface area (Å²) in [6.07, 6.45) is 2.08. The largest absolute Gasteiger partial charge is 0.342 e. The quantitative estimate of drug-likeness (QED) is 0.829. The number of likely N-dealkylation sites (tertiary alicyclic amines) is 2. The van der Waals surface area contributed by atoms with E-state index in [-0.39, 0.29) is 29.5 Å². The van der Waals surface area contributed by atoms with E-state index >= 15 is 0 Å². The van der Waals surface area contributed by atoms with Gasteiger partial charge >= 0.3 is 0 Å². The van der Waals surface area contributed by atoms with Crippen LogP contribution in [0.1, 0.15) is 34.0 Å². The van der Waals surface area contributed by atoms with Gasteiger partial charge in [-0.05, 0) is 42.0 Å². The summed E-state index contributed by atoms with van der Waals surface area (Å²) in [5.41, 5.74) is 0.922. The van der Waals surface area contributed by atoms with E-state index in [0.717, 1.165) is 31.5 Å². The molecule has 2 atom stereocenters. The van der Waals surface area contributed by atoms with E-state index in [2.05, 4.69) is 0 Å². The third-order valence-corrected chi connectivity index (χ3v) is 6.23. The molecule has 1 aromatic carbocycles. The molecule has 26 heavy (non-hydrogen) atoms. The average molecular weight is 372 g/mol. The summed E-state index contributed by atoms with van der Waals surface area (Å²) >= 11 is 1.42. The Morgan fingerprint density at radius 2 is 1.73 bits per heavy atom. The Balaban J connectivity index is 1.60. The Bertz CT molecular complexity index is 785. The van der Waals surface area contributed by atoms with Crippen molar-refractivity contribution in [3.05, 3.63) is 58.0 Å². The van der Waals surface area contributed by atoms with Crippen LogP contribution in [-0.2, 0) is 4.79 Å². The summed E-state index contributed by atoms with van der Waals surface area (Å²) in [6.45, 7) is 2.51. The fraction of sp³-hybridized carbons (Fsp3) is 0.400. The molecule has 1 aromatic heterocycles. The maximum atomic E-state index is 13.3. The molecule has 0 spiro atoms. The Hall–Kier alpha value is -2.21. The number of amides is 2. The van der Waals surface area contributed by atoms with Gasteiger partial charge in [0.1, 0.15) is 5.82 Å². The van der Waals surface area contributed by atoms with Crippen LogP contribution in [-0.4, -0.2) is 47.8 Å². The van der Waals surface area contributed by atoms with E-state index in [1.807, 2.05) is 22.4 Å². The minimum Gasteiger partial charge on any atom is -0.342 e. The zero-order valence-corrected chi connectivity index (χ0v) is 15.3. The third-order valence-electron chi connectivity index (χ3n) is 5.37. The van der Waals surface area contributed by atoms with Gasteiger partial charge in [0.15, 0.2) is 0 Å². The highest BCUT2D eigenvalue weighted by atomic mass is 32.1. The molecule has 0 saturated carbocycles. The molecule has 0 bridgehead atoms. The van der Waals surface area contributed by atoms with Crippen molar-refractivity contribution in [3.63, 3.8) is 0 Å². The lowest BCUT2D eigenvalue weighted by Gasteiger charge is -2.23. The lowest BCUT2D eigenvalue weighted by Crippen LogP contribution is -2.37. The number of nitrogens with zero attached hydrogens (tertiary/aromatic N) is 2. The van der Waals surface area contributed by atoms with Gasteiger partial charge in [0.05, 0.1) is 10.8 Å². The molecular formula is C20H21FN2O2S. The van der Waals surface area contributed by atoms with Crippen molar-refractivity contribution in [2.24, 2.45) is 5.92 Å². The molecule has 6 heteroatoms. The number of rotatable bonds is 3. The SMILES string of the molecule is O=C(c1cccs1)N1C[C@H](C(=O)N2CCCC2)[C@@H](c2ccc(F)cc2)C1. The first kappa shape index (κ1) is 17.2. The second-order valence-electron chi connectivity index (χ2n) is 6.98. The number of halogens is 1. The minimum absolute atomic E-state index is 0.0242. The van der Waals surface area contributed by atoms with Crippen LogP contribution in [0.5, 0.6) is 0 Å². The first-order valence-electron chi connectivity index (χ1n) is 9.00. The first-order valence-corrected chi connectivity index (χ1v) is 9.88. The van der Waals surface area contributed by atoms with Gasteiger partial charge in [-0.15, -0.1) is 11.3 Å². The van der Waals surface area contributed by atoms with Crippen molar-refractivity contribution >= 4 is 23.2 Å². The smallest absolute Gasteiger partial charge is 0.263 e. The van der Waals surface area contributed by atoms with Crippen LogP contribution in [0.2, 0.25) is 0 Å². The number of hydrogen-bond acceptors (Lipinski definition) is 3. The monoisotopic (exact) mass is 372 g/mol. The van der Waals surface area contributed by atoms with Crippen LogP contribution >= 0.6 is 11.3 Å². The van der Waals surface area contributed by atoms with E-state index in [4.69, 9.17) is 0 Å². The molecule has 0 unspecified atom stereocenters. The van der Waals surface area contributed by atoms with Crippen LogP contribution in [0.4, 0.5) is 4.39 Å².